The molecule has 1 aliphatic rings. The summed E-state index contributed by atoms with van der Waals surface area (Å²) in [5.74, 6) is -0.984. The van der Waals surface area contributed by atoms with E-state index in [-0.39, 0.29) is 23.3 Å². The van der Waals surface area contributed by atoms with Crippen LogP contribution in [0.5, 0.6) is 0 Å². The number of aromatic nitrogens is 2. The highest BCUT2D eigenvalue weighted by Crippen LogP contribution is 2.21. The van der Waals surface area contributed by atoms with Crippen molar-refractivity contribution in [3.63, 3.8) is 0 Å². The van der Waals surface area contributed by atoms with E-state index in [0.717, 1.165) is 31.1 Å². The van der Waals surface area contributed by atoms with E-state index in [1.165, 1.54) is 30.0 Å². The minimum atomic E-state index is -0.587. The molecule has 1 aliphatic heterocycles. The number of carbonyl (C=O) groups is 3. The third-order valence-electron chi connectivity index (χ3n) is 5.59. The second-order valence-electron chi connectivity index (χ2n) is 7.96. The predicted octanol–water partition coefficient (Wildman–Crippen LogP) is 3.91. The topological polar surface area (TPSA) is 110 Å². The summed E-state index contributed by atoms with van der Waals surface area (Å²) in [7, 11) is 3.68. The molecule has 2 aromatic carbocycles. The van der Waals surface area contributed by atoms with Gasteiger partial charge in [-0.15, -0.1) is 0 Å². The predicted molar refractivity (Wildman–Crippen MR) is 136 cm³/mol. The molecule has 1 fully saturated rings. The number of fused-ring (bicyclic) bond motifs is 1. The maximum absolute atomic E-state index is 12.8. The van der Waals surface area contributed by atoms with Gasteiger partial charge in [0, 0.05) is 12.4 Å². The minimum Gasteiger partial charge on any atom is -0.386 e. The van der Waals surface area contributed by atoms with Crippen LogP contribution in [0.2, 0.25) is 5.02 Å². The summed E-state index contributed by atoms with van der Waals surface area (Å²) in [6, 6.07) is 12.2. The first-order valence-electron chi connectivity index (χ1n) is 11.3. The van der Waals surface area contributed by atoms with Crippen LogP contribution >= 0.6 is 11.6 Å². The third kappa shape index (κ3) is 7.87. The highest BCUT2D eigenvalue weighted by Gasteiger charge is 2.15. The summed E-state index contributed by atoms with van der Waals surface area (Å²) in [6.45, 7) is 1.21. The van der Waals surface area contributed by atoms with Crippen LogP contribution in [-0.2, 0) is 16.1 Å². The van der Waals surface area contributed by atoms with Crippen molar-refractivity contribution >= 4 is 46.7 Å². The molecular weight excluding hydrogens is 473 g/mol. The van der Waals surface area contributed by atoms with Crippen LogP contribution in [0.15, 0.2) is 42.5 Å². The molecule has 0 radical (unpaired) electrons. The monoisotopic (exact) mass is 503 g/mol. The van der Waals surface area contributed by atoms with Gasteiger partial charge in [-0.2, -0.15) is 5.10 Å². The number of hydrogen-bond acceptors (Lipinski definition) is 6. The molecule has 8 nitrogen and oxygen atoms in total. The van der Waals surface area contributed by atoms with Crippen LogP contribution in [0, 0.1) is 5.82 Å². The van der Waals surface area contributed by atoms with Gasteiger partial charge in [0.15, 0.2) is 11.5 Å². The van der Waals surface area contributed by atoms with E-state index < -0.39 is 11.7 Å². The molecule has 0 aliphatic carbocycles. The Balaban J connectivity index is 0.000000192. The number of likely N-dealkylation sites (tertiary alicyclic amines) is 1. The number of anilines is 1. The quantitative estimate of drug-likeness (QED) is 0.511. The molecule has 35 heavy (non-hydrogen) atoms. The second-order valence-corrected chi connectivity index (χ2v) is 8.37. The second kappa shape index (κ2) is 14.2. The fraction of sp³-hybridized carbons (Fsp3) is 0.360. The number of nitrogens with zero attached hydrogens (tertiary/aromatic N) is 3. The highest BCUT2D eigenvalue weighted by molar-refractivity contribution is 6.31. The highest BCUT2D eigenvalue weighted by atomic mass is 35.5. The molecule has 4 rings (SSSR count). The lowest BCUT2D eigenvalue weighted by molar-refractivity contribution is -0.112. The average Bonchev–Trinajstić information content (AvgIpc) is 3.09. The van der Waals surface area contributed by atoms with E-state index in [1.807, 2.05) is 13.1 Å². The summed E-state index contributed by atoms with van der Waals surface area (Å²) >= 11 is 5.48. The van der Waals surface area contributed by atoms with Crippen molar-refractivity contribution in [2.75, 3.05) is 26.0 Å². The summed E-state index contributed by atoms with van der Waals surface area (Å²) < 4.78 is 14.3. The van der Waals surface area contributed by atoms with Gasteiger partial charge in [0.1, 0.15) is 12.6 Å². The summed E-state index contributed by atoms with van der Waals surface area (Å²) in [6.07, 6.45) is 6.61. The van der Waals surface area contributed by atoms with Crippen LogP contribution in [-0.4, -0.2) is 59.8 Å². The van der Waals surface area contributed by atoms with Gasteiger partial charge in [-0.25, -0.2) is 4.39 Å². The van der Waals surface area contributed by atoms with Crippen molar-refractivity contribution in [3.8, 4) is 0 Å². The standard InChI is InChI=1S/C10H9N3O2.C8H15NO.C7H7ClFN/c11-10(15)9-7-3-1-2-4-8(7)13(12-9)5-6-14;1-9-6-4-2-3-5-8(9)7-10;1-10-6-4-2-3-5(8)7(6)9/h1-4,6H,5H2,(H2,11,15);7-8H,2-6H2,1H3;2-4,10H,1H3. The van der Waals surface area contributed by atoms with Gasteiger partial charge in [0.05, 0.1) is 28.8 Å². The van der Waals surface area contributed by atoms with Crippen LogP contribution in [0.3, 0.4) is 0 Å². The Morgan fingerprint density at radius 1 is 1.20 bits per heavy atom. The van der Waals surface area contributed by atoms with Crippen LogP contribution in [0.25, 0.3) is 10.9 Å². The number of halogens is 2. The number of primary amides is 1. The van der Waals surface area contributed by atoms with Crippen molar-refractivity contribution in [3.05, 3.63) is 59.0 Å². The number of hydrogen-bond donors (Lipinski definition) is 2. The van der Waals surface area contributed by atoms with Crippen molar-refractivity contribution in [2.45, 2.75) is 38.3 Å². The molecule has 188 valence electrons. The molecule has 1 atom stereocenters. The Labute approximate surface area is 209 Å². The number of benzene rings is 2. The summed E-state index contributed by atoms with van der Waals surface area (Å²) in [5, 5.41) is 7.48. The lowest BCUT2D eigenvalue weighted by atomic mass is 10.1. The number of carbonyl (C=O) groups excluding carboxylic acids is 3. The Bertz CT molecular complexity index is 1140. The lowest BCUT2D eigenvalue weighted by Crippen LogP contribution is -2.31. The molecule has 0 spiro atoms. The Kier molecular flexibility index (Phi) is 11.3. The molecular formula is C25H31ClFN5O3. The maximum atomic E-state index is 12.8. The Morgan fingerprint density at radius 3 is 2.57 bits per heavy atom. The first-order valence-corrected chi connectivity index (χ1v) is 11.7. The number of nitrogens with two attached hydrogens (primary N) is 1. The van der Waals surface area contributed by atoms with E-state index in [0.29, 0.717) is 11.1 Å². The number of amides is 1. The normalized spacial score (nSPS) is 15.6. The van der Waals surface area contributed by atoms with Gasteiger partial charge in [-0.05, 0) is 44.6 Å². The fourth-order valence-corrected chi connectivity index (χ4v) is 3.84. The third-order valence-corrected chi connectivity index (χ3v) is 5.89. The molecule has 3 aromatic rings. The molecule has 2 heterocycles. The van der Waals surface area contributed by atoms with Gasteiger partial charge in [0.25, 0.3) is 5.91 Å². The number of para-hydroxylation sites is 1. The zero-order valence-electron chi connectivity index (χ0n) is 19.9. The van der Waals surface area contributed by atoms with Gasteiger partial charge in [-0.1, -0.05) is 48.7 Å². The molecule has 1 unspecified atom stereocenters. The number of aldehydes is 2. The Morgan fingerprint density at radius 2 is 1.94 bits per heavy atom. The van der Waals surface area contributed by atoms with E-state index in [1.54, 1.807) is 37.4 Å². The summed E-state index contributed by atoms with van der Waals surface area (Å²) in [5.41, 5.74) is 6.55. The molecule has 1 amide bonds. The van der Waals surface area contributed by atoms with Gasteiger partial charge >= 0.3 is 0 Å². The van der Waals surface area contributed by atoms with Crippen LogP contribution < -0.4 is 11.1 Å². The van der Waals surface area contributed by atoms with Crippen molar-refractivity contribution in [2.24, 2.45) is 5.73 Å². The van der Waals surface area contributed by atoms with E-state index >= 15 is 0 Å². The molecule has 0 saturated carbocycles. The van der Waals surface area contributed by atoms with E-state index in [2.05, 4.69) is 15.3 Å². The zero-order chi connectivity index (χ0) is 25.8. The zero-order valence-corrected chi connectivity index (χ0v) is 20.7. The summed E-state index contributed by atoms with van der Waals surface area (Å²) in [4.78, 5) is 34.1. The van der Waals surface area contributed by atoms with Crippen molar-refractivity contribution in [1.29, 1.82) is 0 Å². The van der Waals surface area contributed by atoms with Gasteiger partial charge in [0.2, 0.25) is 0 Å². The Hall–Kier alpha value is -3.30. The largest absolute Gasteiger partial charge is 0.386 e. The molecule has 3 N–H and O–H groups in total. The van der Waals surface area contributed by atoms with E-state index in [9.17, 15) is 18.8 Å². The van der Waals surface area contributed by atoms with Gasteiger partial charge < -0.3 is 20.6 Å². The van der Waals surface area contributed by atoms with Crippen molar-refractivity contribution < 1.29 is 18.8 Å². The molecule has 0 bridgehead atoms. The van der Waals surface area contributed by atoms with E-state index in [4.69, 9.17) is 17.3 Å². The minimum absolute atomic E-state index is 0.119. The maximum Gasteiger partial charge on any atom is 0.269 e. The van der Waals surface area contributed by atoms with Crippen LogP contribution in [0.4, 0.5) is 10.1 Å². The lowest BCUT2D eigenvalue weighted by Gasteiger charge is -2.19. The fourth-order valence-electron chi connectivity index (χ4n) is 3.67. The smallest absolute Gasteiger partial charge is 0.269 e. The van der Waals surface area contributed by atoms with Gasteiger partial charge in [-0.3, -0.25) is 14.4 Å². The molecule has 10 heteroatoms. The van der Waals surface area contributed by atoms with Crippen molar-refractivity contribution in [1.82, 2.24) is 14.7 Å². The molecule has 1 saturated heterocycles. The van der Waals surface area contributed by atoms with Crippen LogP contribution in [0.1, 0.15) is 36.2 Å². The number of nitrogens with one attached hydrogen (secondary N) is 1. The number of rotatable bonds is 5. The molecule has 1 aromatic heterocycles. The first-order chi connectivity index (χ1) is 16.8. The first kappa shape index (κ1) is 27.9. The SMILES string of the molecule is CN1CCCCCC1C=O.CNc1cccc(Cl)c1F.NC(=O)c1nn(CC=O)c2ccccc12. The number of likely N-dealkylation sites (N-methyl/N-ethyl adjacent to an activating group) is 1. The average molecular weight is 504 g/mol.